The Morgan fingerprint density at radius 2 is 1.90 bits per heavy atom. The quantitative estimate of drug-likeness (QED) is 0.408. The van der Waals surface area contributed by atoms with Crippen molar-refractivity contribution in [2.24, 2.45) is 21.6 Å². The van der Waals surface area contributed by atoms with E-state index in [2.05, 4.69) is 28.3 Å². The SMILES string of the molecule is CCOc1cc2c(cc1OC)C(c1ccc(C(=O)NC(N)=NCC3CCCCC3)cc1)=NC1CCN(C)CC21. The van der Waals surface area contributed by atoms with Crippen LogP contribution in [-0.2, 0) is 0 Å². The molecule has 3 N–H and O–H groups in total. The first kappa shape index (κ1) is 27.2. The van der Waals surface area contributed by atoms with Crippen molar-refractivity contribution in [1.82, 2.24) is 10.2 Å². The number of amides is 1. The first-order chi connectivity index (χ1) is 19.0. The number of nitrogens with zero attached hydrogens (tertiary/aromatic N) is 3. The van der Waals surface area contributed by atoms with Gasteiger partial charge in [-0.15, -0.1) is 0 Å². The van der Waals surface area contributed by atoms with Crippen LogP contribution in [0, 0.1) is 5.92 Å². The van der Waals surface area contributed by atoms with Gasteiger partial charge in [-0.2, -0.15) is 0 Å². The molecule has 2 unspecified atom stereocenters. The first-order valence-electron chi connectivity index (χ1n) is 14.3. The van der Waals surface area contributed by atoms with Crippen LogP contribution in [0.15, 0.2) is 46.4 Å². The molecule has 8 nitrogen and oxygen atoms in total. The second kappa shape index (κ2) is 12.2. The largest absolute Gasteiger partial charge is 0.493 e. The molecule has 1 aliphatic carbocycles. The molecule has 2 aromatic carbocycles. The van der Waals surface area contributed by atoms with Crippen LogP contribution in [0.5, 0.6) is 11.5 Å². The van der Waals surface area contributed by atoms with Gasteiger partial charge in [0.15, 0.2) is 17.5 Å². The van der Waals surface area contributed by atoms with E-state index >= 15 is 0 Å². The van der Waals surface area contributed by atoms with Crippen LogP contribution in [0.1, 0.15) is 78.4 Å². The van der Waals surface area contributed by atoms with Crippen molar-refractivity contribution in [3.8, 4) is 11.5 Å². The number of aliphatic imine (C=N–C) groups is 2. The Morgan fingerprint density at radius 3 is 2.62 bits per heavy atom. The summed E-state index contributed by atoms with van der Waals surface area (Å²) in [4.78, 5) is 24.9. The van der Waals surface area contributed by atoms with E-state index in [4.69, 9.17) is 20.2 Å². The van der Waals surface area contributed by atoms with Crippen molar-refractivity contribution >= 4 is 17.6 Å². The molecule has 0 aromatic heterocycles. The molecule has 0 bridgehead atoms. The van der Waals surface area contributed by atoms with Gasteiger partial charge in [0.05, 0.1) is 25.5 Å². The average Bonchev–Trinajstić information content (AvgIpc) is 2.96. The number of likely N-dealkylation sites (tertiary alicyclic amines) is 1. The number of carbonyl (C=O) groups excluding carboxylic acids is 1. The van der Waals surface area contributed by atoms with Crippen LogP contribution < -0.4 is 20.5 Å². The lowest BCUT2D eigenvalue weighted by Gasteiger charge is -2.39. The lowest BCUT2D eigenvalue weighted by Crippen LogP contribution is -2.41. The zero-order chi connectivity index (χ0) is 27.4. The Labute approximate surface area is 231 Å². The number of likely N-dealkylation sites (N-methyl/N-ethyl adjacent to an activating group) is 1. The Hall–Kier alpha value is -3.39. The third-order valence-corrected chi connectivity index (χ3v) is 8.27. The number of hydrogen-bond acceptors (Lipinski definition) is 6. The number of ether oxygens (including phenoxy) is 2. The number of guanidine groups is 1. The van der Waals surface area contributed by atoms with E-state index in [0.29, 0.717) is 36.3 Å². The van der Waals surface area contributed by atoms with Crippen molar-refractivity contribution in [2.75, 3.05) is 40.4 Å². The topological polar surface area (TPSA) is 102 Å². The number of fused-ring (bicyclic) bond motifs is 3. The van der Waals surface area contributed by atoms with Crippen LogP contribution >= 0.6 is 0 Å². The summed E-state index contributed by atoms with van der Waals surface area (Å²) < 4.78 is 11.6. The molecule has 2 heterocycles. The second-order valence-electron chi connectivity index (χ2n) is 11.0. The van der Waals surface area contributed by atoms with Gasteiger partial charge in [0.2, 0.25) is 0 Å². The minimum absolute atomic E-state index is 0.186. The van der Waals surface area contributed by atoms with Crippen LogP contribution in [0.2, 0.25) is 0 Å². The highest BCUT2D eigenvalue weighted by Crippen LogP contribution is 2.42. The van der Waals surface area contributed by atoms with E-state index in [1.54, 1.807) is 7.11 Å². The van der Waals surface area contributed by atoms with E-state index < -0.39 is 0 Å². The van der Waals surface area contributed by atoms with E-state index in [1.807, 2.05) is 37.3 Å². The van der Waals surface area contributed by atoms with Gasteiger partial charge >= 0.3 is 0 Å². The molecule has 2 atom stereocenters. The maximum atomic E-state index is 12.9. The Balaban J connectivity index is 1.37. The zero-order valence-corrected chi connectivity index (χ0v) is 23.4. The van der Waals surface area contributed by atoms with Gasteiger partial charge in [-0.05, 0) is 75.5 Å². The van der Waals surface area contributed by atoms with Crippen molar-refractivity contribution in [2.45, 2.75) is 57.4 Å². The maximum absolute atomic E-state index is 12.9. The van der Waals surface area contributed by atoms with Gasteiger partial charge in [0, 0.05) is 35.7 Å². The summed E-state index contributed by atoms with van der Waals surface area (Å²) in [5.41, 5.74) is 10.8. The van der Waals surface area contributed by atoms with Crippen molar-refractivity contribution < 1.29 is 14.3 Å². The van der Waals surface area contributed by atoms with Crippen molar-refractivity contribution in [1.29, 1.82) is 0 Å². The second-order valence-corrected chi connectivity index (χ2v) is 11.0. The highest BCUT2D eigenvalue weighted by atomic mass is 16.5. The molecule has 39 heavy (non-hydrogen) atoms. The maximum Gasteiger partial charge on any atom is 0.257 e. The van der Waals surface area contributed by atoms with Gasteiger partial charge in [0.25, 0.3) is 5.91 Å². The van der Waals surface area contributed by atoms with Crippen LogP contribution in [0.25, 0.3) is 0 Å². The highest BCUT2D eigenvalue weighted by Gasteiger charge is 2.36. The summed E-state index contributed by atoms with van der Waals surface area (Å²) in [6, 6.07) is 12.0. The number of benzene rings is 2. The monoisotopic (exact) mass is 531 g/mol. The van der Waals surface area contributed by atoms with Crippen molar-refractivity contribution in [3.63, 3.8) is 0 Å². The van der Waals surface area contributed by atoms with E-state index in [1.165, 1.54) is 37.7 Å². The standard InChI is InChI=1S/C31H41N5O3/c1-4-39-28-16-23-24(17-27(28)38-3)29(34-26-14-15-36(2)19-25(23)26)21-10-12-22(13-11-21)30(37)35-31(32)33-18-20-8-6-5-7-9-20/h10-13,16-17,20,25-26H,4-9,14-15,18-19H2,1-3H3,(H3,32,33,35,37). The minimum Gasteiger partial charge on any atom is -0.493 e. The summed E-state index contributed by atoms with van der Waals surface area (Å²) in [6.45, 7) is 5.21. The molecule has 5 rings (SSSR count). The molecule has 1 saturated heterocycles. The molecule has 3 aliphatic rings. The molecule has 2 fully saturated rings. The molecule has 2 aromatic rings. The van der Waals surface area contributed by atoms with Gasteiger partial charge in [0.1, 0.15) is 0 Å². The minimum atomic E-state index is -0.254. The normalized spacial score (nSPS) is 21.9. The number of methoxy groups -OCH3 is 1. The fourth-order valence-corrected chi connectivity index (χ4v) is 6.15. The molecule has 1 saturated carbocycles. The smallest absolute Gasteiger partial charge is 0.257 e. The fraction of sp³-hybridized carbons (Fsp3) is 0.516. The first-order valence-corrected chi connectivity index (χ1v) is 14.3. The molecule has 8 heteroatoms. The van der Waals surface area contributed by atoms with E-state index in [0.717, 1.165) is 42.1 Å². The summed E-state index contributed by atoms with van der Waals surface area (Å²) in [5.74, 6) is 2.27. The average molecular weight is 532 g/mol. The number of nitrogens with one attached hydrogen (secondary N) is 1. The lowest BCUT2D eigenvalue weighted by molar-refractivity contribution is 0.0976. The number of carbonyl (C=O) groups is 1. The third-order valence-electron chi connectivity index (χ3n) is 8.27. The van der Waals surface area contributed by atoms with Gasteiger partial charge < -0.3 is 20.1 Å². The highest BCUT2D eigenvalue weighted by molar-refractivity contribution is 6.15. The molecule has 0 spiro atoms. The summed E-state index contributed by atoms with van der Waals surface area (Å²) in [5, 5.41) is 2.75. The molecule has 0 radical (unpaired) electrons. The lowest BCUT2D eigenvalue weighted by atomic mass is 9.79. The molecule has 208 valence electrons. The molecular formula is C31H41N5O3. The fourth-order valence-electron chi connectivity index (χ4n) is 6.15. The van der Waals surface area contributed by atoms with Crippen LogP contribution in [0.4, 0.5) is 0 Å². The summed E-state index contributed by atoms with van der Waals surface area (Å²) in [6.07, 6.45) is 7.20. The molecule has 2 aliphatic heterocycles. The number of nitrogens with two attached hydrogens (primary N) is 1. The number of hydrogen-bond donors (Lipinski definition) is 2. The van der Waals surface area contributed by atoms with Gasteiger partial charge in [-0.3, -0.25) is 20.1 Å². The molecule has 1 amide bonds. The van der Waals surface area contributed by atoms with E-state index in [-0.39, 0.29) is 17.9 Å². The summed E-state index contributed by atoms with van der Waals surface area (Å²) in [7, 11) is 3.83. The predicted molar refractivity (Wildman–Crippen MR) is 155 cm³/mol. The summed E-state index contributed by atoms with van der Waals surface area (Å²) >= 11 is 0. The van der Waals surface area contributed by atoms with Gasteiger partial charge in [-0.1, -0.05) is 31.4 Å². The Kier molecular flexibility index (Phi) is 8.50. The van der Waals surface area contributed by atoms with Crippen LogP contribution in [0.3, 0.4) is 0 Å². The third kappa shape index (κ3) is 6.11. The predicted octanol–water partition coefficient (Wildman–Crippen LogP) is 4.36. The van der Waals surface area contributed by atoms with Gasteiger partial charge in [-0.25, -0.2) is 0 Å². The number of rotatable bonds is 7. The Morgan fingerprint density at radius 1 is 1.13 bits per heavy atom. The van der Waals surface area contributed by atoms with Crippen LogP contribution in [-0.4, -0.2) is 68.9 Å². The zero-order valence-electron chi connectivity index (χ0n) is 23.4. The molecular weight excluding hydrogens is 490 g/mol. The van der Waals surface area contributed by atoms with E-state index in [9.17, 15) is 4.79 Å². The Bertz CT molecular complexity index is 1230. The number of piperidine rings is 1. The van der Waals surface area contributed by atoms with Crippen molar-refractivity contribution in [3.05, 3.63) is 58.7 Å².